The number of nitrogens with one attached hydrogen (secondary N) is 1. The quantitative estimate of drug-likeness (QED) is 0.683. The summed E-state index contributed by atoms with van der Waals surface area (Å²) >= 11 is 2.24. The van der Waals surface area contributed by atoms with E-state index < -0.39 is 5.97 Å². The smallest absolute Gasteiger partial charge is 0.354 e. The number of halogens is 1. The van der Waals surface area contributed by atoms with E-state index in [9.17, 15) is 9.90 Å². The van der Waals surface area contributed by atoms with Gasteiger partial charge in [0.25, 0.3) is 0 Å². The molecular weight excluding hydrogens is 371 g/mol. The maximum Gasteiger partial charge on any atom is 0.354 e. The Hall–Kier alpha value is -1.67. The SMILES string of the molecule is COCc1c(C(=O)O)ncc2[nH]c3ccc(I)cc3c12. The number of aromatic nitrogens is 2. The number of aromatic amines is 1. The molecule has 2 aromatic heterocycles. The van der Waals surface area contributed by atoms with Crippen molar-refractivity contribution in [2.24, 2.45) is 0 Å². The molecule has 0 bridgehead atoms. The summed E-state index contributed by atoms with van der Waals surface area (Å²) in [5.41, 5.74) is 2.42. The topological polar surface area (TPSA) is 75.2 Å². The average Bonchev–Trinajstić information content (AvgIpc) is 2.77. The van der Waals surface area contributed by atoms with Crippen LogP contribution >= 0.6 is 22.6 Å². The van der Waals surface area contributed by atoms with Crippen LogP contribution in [0.2, 0.25) is 0 Å². The number of carbonyl (C=O) groups is 1. The molecular formula is C14H11IN2O3. The zero-order valence-corrected chi connectivity index (χ0v) is 12.8. The van der Waals surface area contributed by atoms with Crippen molar-refractivity contribution in [1.82, 2.24) is 9.97 Å². The van der Waals surface area contributed by atoms with Crippen LogP contribution in [0, 0.1) is 3.57 Å². The van der Waals surface area contributed by atoms with Crippen molar-refractivity contribution in [2.45, 2.75) is 6.61 Å². The summed E-state index contributed by atoms with van der Waals surface area (Å²) in [7, 11) is 1.54. The van der Waals surface area contributed by atoms with Crippen molar-refractivity contribution in [3.8, 4) is 0 Å². The third-order valence-corrected chi connectivity index (χ3v) is 3.86. The Bertz CT molecular complexity index is 826. The maximum absolute atomic E-state index is 11.3. The van der Waals surface area contributed by atoms with Crippen LogP contribution in [0.5, 0.6) is 0 Å². The van der Waals surface area contributed by atoms with Gasteiger partial charge in [-0.1, -0.05) is 0 Å². The highest BCUT2D eigenvalue weighted by molar-refractivity contribution is 14.1. The molecule has 3 aromatic rings. The van der Waals surface area contributed by atoms with Gasteiger partial charge in [0.05, 0.1) is 18.3 Å². The maximum atomic E-state index is 11.3. The Kier molecular flexibility index (Phi) is 3.35. The van der Waals surface area contributed by atoms with E-state index in [0.717, 1.165) is 25.4 Å². The summed E-state index contributed by atoms with van der Waals surface area (Å²) in [6.07, 6.45) is 1.56. The van der Waals surface area contributed by atoms with Crippen LogP contribution in [-0.4, -0.2) is 28.2 Å². The van der Waals surface area contributed by atoms with Crippen molar-refractivity contribution in [2.75, 3.05) is 7.11 Å². The van der Waals surface area contributed by atoms with Gasteiger partial charge in [-0.25, -0.2) is 9.78 Å². The molecule has 5 nitrogen and oxygen atoms in total. The molecule has 3 rings (SSSR count). The van der Waals surface area contributed by atoms with Crippen molar-refractivity contribution in [3.63, 3.8) is 0 Å². The number of benzene rings is 1. The van der Waals surface area contributed by atoms with Crippen LogP contribution in [0.15, 0.2) is 24.4 Å². The number of H-pyrrole nitrogens is 1. The molecule has 0 aliphatic heterocycles. The van der Waals surface area contributed by atoms with Crippen molar-refractivity contribution >= 4 is 50.4 Å². The Balaban J connectivity index is 2.46. The third-order valence-electron chi connectivity index (χ3n) is 3.19. The van der Waals surface area contributed by atoms with E-state index in [1.165, 1.54) is 0 Å². The predicted octanol–water partition coefficient (Wildman–Crippen LogP) is 3.17. The molecule has 1 aromatic carbocycles. The highest BCUT2D eigenvalue weighted by Gasteiger charge is 2.18. The second-order valence-corrected chi connectivity index (χ2v) is 5.67. The first-order valence-corrected chi connectivity index (χ1v) is 7.00. The van der Waals surface area contributed by atoms with Crippen LogP contribution < -0.4 is 0 Å². The van der Waals surface area contributed by atoms with E-state index in [2.05, 4.69) is 32.6 Å². The van der Waals surface area contributed by atoms with Crippen LogP contribution in [0.1, 0.15) is 16.1 Å². The molecule has 0 unspecified atom stereocenters. The molecule has 0 fully saturated rings. The standard InChI is InChI=1S/C14H11IN2O3/c1-20-6-9-12-8-4-7(15)2-3-10(8)17-11(12)5-16-13(9)14(18)19/h2-5,17H,6H2,1H3,(H,18,19). The number of ether oxygens (including phenoxy) is 1. The van der Waals surface area contributed by atoms with E-state index >= 15 is 0 Å². The summed E-state index contributed by atoms with van der Waals surface area (Å²) in [5.74, 6) is -1.04. The first-order chi connectivity index (χ1) is 9.61. The first kappa shape index (κ1) is 13.3. The summed E-state index contributed by atoms with van der Waals surface area (Å²) < 4.78 is 6.25. The van der Waals surface area contributed by atoms with Gasteiger partial charge in [-0.15, -0.1) is 0 Å². The molecule has 0 aliphatic carbocycles. The fourth-order valence-corrected chi connectivity index (χ4v) is 2.89. The largest absolute Gasteiger partial charge is 0.477 e. The minimum absolute atomic E-state index is 0.0408. The van der Waals surface area contributed by atoms with Crippen LogP contribution in [-0.2, 0) is 11.3 Å². The lowest BCUT2D eigenvalue weighted by Crippen LogP contribution is -2.07. The number of carboxylic acids is 1. The van der Waals surface area contributed by atoms with Crippen LogP contribution in [0.3, 0.4) is 0 Å². The number of hydrogen-bond donors (Lipinski definition) is 2. The Morgan fingerprint density at radius 2 is 2.25 bits per heavy atom. The van der Waals surface area contributed by atoms with Gasteiger partial charge in [-0.2, -0.15) is 0 Å². The van der Waals surface area contributed by atoms with Crippen LogP contribution in [0.4, 0.5) is 0 Å². The summed E-state index contributed by atoms with van der Waals surface area (Å²) in [4.78, 5) is 18.6. The lowest BCUT2D eigenvalue weighted by atomic mass is 10.1. The van der Waals surface area contributed by atoms with Gasteiger partial charge in [0, 0.05) is 32.5 Å². The minimum atomic E-state index is -1.04. The number of methoxy groups -OCH3 is 1. The van der Waals surface area contributed by atoms with E-state index in [1.54, 1.807) is 13.3 Å². The summed E-state index contributed by atoms with van der Waals surface area (Å²) in [5, 5.41) is 11.1. The number of fused-ring (bicyclic) bond motifs is 3. The molecule has 0 atom stereocenters. The molecule has 102 valence electrons. The van der Waals surface area contributed by atoms with Gasteiger partial charge in [0.1, 0.15) is 0 Å². The highest BCUT2D eigenvalue weighted by Crippen LogP contribution is 2.31. The molecule has 0 aliphatic rings. The normalized spacial score (nSPS) is 11.3. The van der Waals surface area contributed by atoms with Crippen molar-refractivity contribution in [3.05, 3.63) is 39.2 Å². The van der Waals surface area contributed by atoms with Gasteiger partial charge in [-0.05, 0) is 40.8 Å². The molecule has 0 saturated heterocycles. The third kappa shape index (κ3) is 2.04. The van der Waals surface area contributed by atoms with Gasteiger partial charge < -0.3 is 14.8 Å². The summed E-state index contributed by atoms with van der Waals surface area (Å²) in [6.45, 7) is 0.213. The monoisotopic (exact) mass is 382 g/mol. The van der Waals surface area contributed by atoms with Gasteiger partial charge in [-0.3, -0.25) is 0 Å². The van der Waals surface area contributed by atoms with E-state index in [-0.39, 0.29) is 12.3 Å². The van der Waals surface area contributed by atoms with Gasteiger partial charge >= 0.3 is 5.97 Å². The number of hydrogen-bond acceptors (Lipinski definition) is 3. The second-order valence-electron chi connectivity index (χ2n) is 4.43. The predicted molar refractivity (Wildman–Crippen MR) is 84.0 cm³/mol. The molecule has 6 heteroatoms. The fraction of sp³-hybridized carbons (Fsp3) is 0.143. The van der Waals surface area contributed by atoms with Gasteiger partial charge in [0.15, 0.2) is 5.69 Å². The Morgan fingerprint density at radius 3 is 2.95 bits per heavy atom. The Morgan fingerprint density at radius 1 is 1.45 bits per heavy atom. The highest BCUT2D eigenvalue weighted by atomic mass is 127. The number of nitrogens with zero attached hydrogens (tertiary/aromatic N) is 1. The average molecular weight is 382 g/mol. The molecule has 20 heavy (non-hydrogen) atoms. The zero-order valence-electron chi connectivity index (χ0n) is 10.6. The minimum Gasteiger partial charge on any atom is -0.477 e. The van der Waals surface area contributed by atoms with E-state index in [0.29, 0.717) is 5.56 Å². The number of pyridine rings is 1. The number of aromatic carboxylic acids is 1. The molecule has 0 radical (unpaired) electrons. The fourth-order valence-electron chi connectivity index (χ4n) is 2.40. The van der Waals surface area contributed by atoms with Crippen LogP contribution in [0.25, 0.3) is 21.8 Å². The Labute approximate surface area is 128 Å². The van der Waals surface area contributed by atoms with E-state index in [4.69, 9.17) is 4.74 Å². The molecule has 2 N–H and O–H groups in total. The second kappa shape index (κ2) is 5.02. The lowest BCUT2D eigenvalue weighted by molar-refractivity contribution is 0.0685. The number of rotatable bonds is 3. The van der Waals surface area contributed by atoms with E-state index in [1.807, 2.05) is 18.2 Å². The van der Waals surface area contributed by atoms with Crippen molar-refractivity contribution in [1.29, 1.82) is 0 Å². The first-order valence-electron chi connectivity index (χ1n) is 5.93. The molecule has 2 heterocycles. The molecule has 0 amide bonds. The zero-order chi connectivity index (χ0) is 14.3. The lowest BCUT2D eigenvalue weighted by Gasteiger charge is -2.06. The van der Waals surface area contributed by atoms with Gasteiger partial charge in [0.2, 0.25) is 0 Å². The number of carboxylic acid groups (broad SMARTS) is 1. The molecule has 0 spiro atoms. The summed E-state index contributed by atoms with van der Waals surface area (Å²) in [6, 6.07) is 6.01. The van der Waals surface area contributed by atoms with Crippen molar-refractivity contribution < 1.29 is 14.6 Å². The molecule has 0 saturated carbocycles.